The maximum atomic E-state index is 12.4. The molecule has 0 bridgehead atoms. The Morgan fingerprint density at radius 3 is 2.56 bits per heavy atom. The lowest BCUT2D eigenvalue weighted by atomic mass is 9.85. The van der Waals surface area contributed by atoms with Gasteiger partial charge < -0.3 is 5.32 Å². The Morgan fingerprint density at radius 1 is 1.44 bits per heavy atom. The fraction of sp³-hybridized carbons (Fsp3) is 0.571. The van der Waals surface area contributed by atoms with E-state index in [0.717, 1.165) is 12.0 Å². The van der Waals surface area contributed by atoms with Crippen LogP contribution in [0.3, 0.4) is 0 Å². The lowest BCUT2D eigenvalue weighted by molar-refractivity contribution is -0.130. The second-order valence-electron chi connectivity index (χ2n) is 5.56. The molecular formula is C14H20N2O2. The zero-order chi connectivity index (χ0) is 13.5. The molecule has 3 amide bonds. The molecular weight excluding hydrogens is 228 g/mol. The Hall–Kier alpha value is -1.58. The molecule has 2 atom stereocenters. The molecule has 0 aromatic heterocycles. The van der Waals surface area contributed by atoms with Crippen molar-refractivity contribution in [2.75, 3.05) is 0 Å². The summed E-state index contributed by atoms with van der Waals surface area (Å²) in [5, 5.41) is 2.81. The quantitative estimate of drug-likeness (QED) is 0.762. The lowest BCUT2D eigenvalue weighted by Crippen LogP contribution is -2.46. The number of hydrogen-bond donors (Lipinski definition) is 1. The van der Waals surface area contributed by atoms with Gasteiger partial charge >= 0.3 is 6.03 Å². The van der Waals surface area contributed by atoms with Crippen LogP contribution in [0.15, 0.2) is 23.8 Å². The van der Waals surface area contributed by atoms with Gasteiger partial charge in [-0.2, -0.15) is 0 Å². The van der Waals surface area contributed by atoms with E-state index in [1.807, 2.05) is 26.0 Å². The number of nitrogens with zero attached hydrogens (tertiary/aromatic N) is 1. The van der Waals surface area contributed by atoms with Crippen molar-refractivity contribution < 1.29 is 9.59 Å². The molecule has 1 fully saturated rings. The summed E-state index contributed by atoms with van der Waals surface area (Å²) >= 11 is 0. The van der Waals surface area contributed by atoms with Crippen molar-refractivity contribution in [3.8, 4) is 0 Å². The first-order chi connectivity index (χ1) is 8.36. The van der Waals surface area contributed by atoms with Gasteiger partial charge in [-0.25, -0.2) is 4.79 Å². The highest BCUT2D eigenvalue weighted by atomic mass is 16.2. The minimum atomic E-state index is -0.905. The van der Waals surface area contributed by atoms with Crippen molar-refractivity contribution in [1.82, 2.24) is 10.2 Å². The van der Waals surface area contributed by atoms with E-state index in [1.165, 1.54) is 4.90 Å². The van der Waals surface area contributed by atoms with Crippen LogP contribution >= 0.6 is 0 Å². The van der Waals surface area contributed by atoms with Gasteiger partial charge in [0.2, 0.25) is 0 Å². The van der Waals surface area contributed by atoms with E-state index in [2.05, 4.69) is 18.3 Å². The van der Waals surface area contributed by atoms with E-state index < -0.39 is 5.54 Å². The van der Waals surface area contributed by atoms with Gasteiger partial charge in [0, 0.05) is 6.04 Å². The van der Waals surface area contributed by atoms with Crippen molar-refractivity contribution in [1.29, 1.82) is 0 Å². The van der Waals surface area contributed by atoms with Crippen LogP contribution < -0.4 is 5.32 Å². The first-order valence-electron chi connectivity index (χ1n) is 6.41. The minimum Gasteiger partial charge on any atom is -0.319 e. The molecule has 2 unspecified atom stereocenters. The van der Waals surface area contributed by atoms with Gasteiger partial charge in [0.15, 0.2) is 0 Å². The Morgan fingerprint density at radius 2 is 2.11 bits per heavy atom. The van der Waals surface area contributed by atoms with Gasteiger partial charge in [-0.1, -0.05) is 25.2 Å². The van der Waals surface area contributed by atoms with Crippen molar-refractivity contribution in [3.63, 3.8) is 0 Å². The molecule has 98 valence electrons. The Bertz CT molecular complexity index is 451. The summed E-state index contributed by atoms with van der Waals surface area (Å²) in [6.45, 7) is 7.59. The summed E-state index contributed by atoms with van der Waals surface area (Å²) in [4.78, 5) is 25.6. The Balaban J connectivity index is 2.31. The molecule has 1 saturated heterocycles. The van der Waals surface area contributed by atoms with Gasteiger partial charge in [0.25, 0.3) is 5.91 Å². The molecule has 0 spiro atoms. The summed E-state index contributed by atoms with van der Waals surface area (Å²) in [5.41, 5.74) is -0.0139. The molecule has 1 N–H and O–H groups in total. The molecule has 4 heteroatoms. The van der Waals surface area contributed by atoms with E-state index in [1.54, 1.807) is 6.92 Å². The third kappa shape index (κ3) is 1.85. The first kappa shape index (κ1) is 12.9. The standard InChI is InChI=1S/C14H20N2O2/c1-9(2)16-12(17)14(4,15-13(16)18)11-7-5-10(3)6-8-11/h5,7-10H,6H2,1-4H3,(H,15,18). The number of imide groups is 1. The summed E-state index contributed by atoms with van der Waals surface area (Å²) in [5.74, 6) is 0.332. The van der Waals surface area contributed by atoms with Crippen LogP contribution in [-0.4, -0.2) is 28.4 Å². The van der Waals surface area contributed by atoms with Crippen LogP contribution in [0.5, 0.6) is 0 Å². The Labute approximate surface area is 108 Å². The first-order valence-corrected chi connectivity index (χ1v) is 6.41. The normalized spacial score (nSPS) is 31.9. The summed E-state index contributed by atoms with van der Waals surface area (Å²) in [7, 11) is 0. The topological polar surface area (TPSA) is 49.4 Å². The maximum Gasteiger partial charge on any atom is 0.325 e. The molecule has 0 radical (unpaired) electrons. The van der Waals surface area contributed by atoms with E-state index in [-0.39, 0.29) is 18.0 Å². The van der Waals surface area contributed by atoms with Crippen LogP contribution in [0, 0.1) is 5.92 Å². The second-order valence-corrected chi connectivity index (χ2v) is 5.56. The maximum absolute atomic E-state index is 12.4. The van der Waals surface area contributed by atoms with Crippen molar-refractivity contribution >= 4 is 11.9 Å². The highest BCUT2D eigenvalue weighted by Crippen LogP contribution is 2.31. The number of hydrogen-bond acceptors (Lipinski definition) is 2. The summed E-state index contributed by atoms with van der Waals surface area (Å²) in [6, 6.07) is -0.420. The van der Waals surface area contributed by atoms with Gasteiger partial charge in [-0.3, -0.25) is 9.69 Å². The molecule has 2 aliphatic rings. The second kappa shape index (κ2) is 4.26. The largest absolute Gasteiger partial charge is 0.325 e. The fourth-order valence-corrected chi connectivity index (χ4v) is 2.42. The van der Waals surface area contributed by atoms with E-state index in [0.29, 0.717) is 5.92 Å². The molecule has 18 heavy (non-hydrogen) atoms. The number of nitrogens with one attached hydrogen (secondary N) is 1. The van der Waals surface area contributed by atoms with Gasteiger partial charge in [-0.05, 0) is 38.7 Å². The van der Waals surface area contributed by atoms with E-state index >= 15 is 0 Å². The predicted octanol–water partition coefficient (Wildman–Crippen LogP) is 2.23. The van der Waals surface area contributed by atoms with E-state index in [9.17, 15) is 9.59 Å². The molecule has 1 aliphatic heterocycles. The van der Waals surface area contributed by atoms with E-state index in [4.69, 9.17) is 0 Å². The average Bonchev–Trinajstić information content (AvgIpc) is 2.51. The molecule has 4 nitrogen and oxygen atoms in total. The van der Waals surface area contributed by atoms with Crippen molar-refractivity contribution in [3.05, 3.63) is 23.8 Å². The van der Waals surface area contributed by atoms with Crippen LogP contribution in [0.4, 0.5) is 4.79 Å². The molecule has 1 heterocycles. The third-order valence-electron chi connectivity index (χ3n) is 3.63. The number of carbonyl (C=O) groups excluding carboxylic acids is 2. The van der Waals surface area contributed by atoms with Gasteiger partial charge in [-0.15, -0.1) is 0 Å². The number of carbonyl (C=O) groups is 2. The predicted molar refractivity (Wildman–Crippen MR) is 69.9 cm³/mol. The zero-order valence-corrected chi connectivity index (χ0v) is 11.4. The number of allylic oxidation sites excluding steroid dienone is 2. The number of urea groups is 1. The Kier molecular flexibility index (Phi) is 3.05. The van der Waals surface area contributed by atoms with Crippen LogP contribution in [-0.2, 0) is 4.79 Å². The fourth-order valence-electron chi connectivity index (χ4n) is 2.42. The highest BCUT2D eigenvalue weighted by Gasteiger charge is 2.50. The number of amides is 3. The molecule has 0 saturated carbocycles. The van der Waals surface area contributed by atoms with Crippen LogP contribution in [0.25, 0.3) is 0 Å². The molecule has 2 rings (SSSR count). The average molecular weight is 248 g/mol. The lowest BCUT2D eigenvalue weighted by Gasteiger charge is -2.26. The van der Waals surface area contributed by atoms with Crippen LogP contribution in [0.2, 0.25) is 0 Å². The molecule has 0 aromatic carbocycles. The SMILES string of the molecule is CC1C=CC(C2(C)NC(=O)N(C(C)C)C2=O)=CC1. The molecule has 0 aromatic rings. The molecule has 1 aliphatic carbocycles. The van der Waals surface area contributed by atoms with Crippen molar-refractivity contribution in [2.24, 2.45) is 5.92 Å². The highest BCUT2D eigenvalue weighted by molar-refractivity contribution is 6.09. The van der Waals surface area contributed by atoms with Gasteiger partial charge in [0.05, 0.1) is 0 Å². The minimum absolute atomic E-state index is 0.119. The summed E-state index contributed by atoms with van der Waals surface area (Å²) < 4.78 is 0. The number of rotatable bonds is 2. The van der Waals surface area contributed by atoms with Crippen LogP contribution in [0.1, 0.15) is 34.1 Å². The monoisotopic (exact) mass is 248 g/mol. The van der Waals surface area contributed by atoms with Crippen molar-refractivity contribution in [2.45, 2.75) is 45.7 Å². The smallest absolute Gasteiger partial charge is 0.319 e. The van der Waals surface area contributed by atoms with Gasteiger partial charge in [0.1, 0.15) is 5.54 Å². The third-order valence-corrected chi connectivity index (χ3v) is 3.63. The summed E-state index contributed by atoms with van der Waals surface area (Å²) in [6.07, 6.45) is 6.99. The zero-order valence-electron chi connectivity index (χ0n) is 11.4.